The first-order chi connectivity index (χ1) is 12.4. The summed E-state index contributed by atoms with van der Waals surface area (Å²) in [5, 5.41) is 1.99. The molecule has 140 valence electrons. The minimum atomic E-state index is -0.556. The smallest absolute Gasteiger partial charge is 0.340 e. The van der Waals surface area contributed by atoms with E-state index in [2.05, 4.69) is 4.98 Å². The maximum absolute atomic E-state index is 12.5. The van der Waals surface area contributed by atoms with Gasteiger partial charge in [-0.25, -0.2) is 4.79 Å². The van der Waals surface area contributed by atoms with Crippen LogP contribution < -0.4 is 0 Å². The lowest BCUT2D eigenvalue weighted by Crippen LogP contribution is -2.18. The van der Waals surface area contributed by atoms with E-state index in [4.69, 9.17) is 9.47 Å². The molecule has 0 spiro atoms. The summed E-state index contributed by atoms with van der Waals surface area (Å²) in [5.74, 6) is -1.39. The highest BCUT2D eigenvalue weighted by atomic mass is 32.1. The first kappa shape index (κ1) is 19.9. The molecule has 0 amide bonds. The summed E-state index contributed by atoms with van der Waals surface area (Å²) >= 11 is 1.65. The van der Waals surface area contributed by atoms with E-state index in [1.54, 1.807) is 32.1 Å². The number of esters is 2. The minimum absolute atomic E-state index is 0.211. The van der Waals surface area contributed by atoms with Gasteiger partial charge in [-0.2, -0.15) is 0 Å². The number of aryl methyl sites for hydroxylation is 3. The molecule has 0 aliphatic carbocycles. The van der Waals surface area contributed by atoms with Gasteiger partial charge >= 0.3 is 11.9 Å². The van der Waals surface area contributed by atoms with E-state index in [9.17, 15) is 14.4 Å². The second kappa shape index (κ2) is 9.33. The molecular formula is C19H23NO5S. The molecule has 2 aromatic heterocycles. The van der Waals surface area contributed by atoms with Crippen LogP contribution in [0, 0.1) is 13.8 Å². The summed E-state index contributed by atoms with van der Waals surface area (Å²) in [4.78, 5) is 40.6. The topological polar surface area (TPSA) is 85.5 Å². The zero-order valence-electron chi connectivity index (χ0n) is 15.2. The molecule has 2 aromatic rings. The van der Waals surface area contributed by atoms with Gasteiger partial charge in [0.15, 0.2) is 6.61 Å². The number of nitrogens with one attached hydrogen (secondary N) is 1. The van der Waals surface area contributed by atoms with Crippen LogP contribution in [-0.2, 0) is 20.7 Å². The lowest BCUT2D eigenvalue weighted by atomic mass is 10.1. The van der Waals surface area contributed by atoms with Crippen LogP contribution in [0.25, 0.3) is 0 Å². The van der Waals surface area contributed by atoms with Crippen molar-refractivity contribution in [2.75, 3.05) is 13.2 Å². The number of thiophene rings is 1. The summed E-state index contributed by atoms with van der Waals surface area (Å²) in [6.07, 6.45) is 1.73. The molecule has 0 aromatic carbocycles. The average Bonchev–Trinajstić information content (AvgIpc) is 3.20. The molecule has 0 aliphatic rings. The molecule has 0 saturated heterocycles. The highest BCUT2D eigenvalue weighted by Gasteiger charge is 2.25. The van der Waals surface area contributed by atoms with Gasteiger partial charge in [0.2, 0.25) is 5.78 Å². The number of Topliss-reactive ketones (excluding diaryl/α,β-unsaturated/α-hetero) is 1. The van der Waals surface area contributed by atoms with Crippen LogP contribution in [0.3, 0.4) is 0 Å². The molecule has 0 bridgehead atoms. The van der Waals surface area contributed by atoms with Crippen LogP contribution in [0.15, 0.2) is 17.5 Å². The Hall–Kier alpha value is -2.41. The van der Waals surface area contributed by atoms with Gasteiger partial charge in [0.05, 0.1) is 17.7 Å². The first-order valence-electron chi connectivity index (χ1n) is 8.51. The number of carbonyl (C=O) groups excluding carboxylic acids is 3. The molecular weight excluding hydrogens is 354 g/mol. The van der Waals surface area contributed by atoms with Crippen molar-refractivity contribution in [1.82, 2.24) is 4.98 Å². The molecule has 0 fully saturated rings. The third kappa shape index (κ3) is 5.05. The maximum Gasteiger partial charge on any atom is 0.340 e. The second-order valence-electron chi connectivity index (χ2n) is 5.86. The van der Waals surface area contributed by atoms with Crippen LogP contribution in [0.2, 0.25) is 0 Å². The summed E-state index contributed by atoms with van der Waals surface area (Å²) in [5.41, 5.74) is 1.56. The molecule has 1 N–H and O–H groups in total. The standard InChI is InChI=1S/C19H23NO5S/c1-4-24-19(23)18-13(3)20-12(2)17(18)15(21)11-25-16(22)9-5-7-14-8-6-10-26-14/h6,8,10,20H,4-5,7,9,11H2,1-3H3. The Kier molecular flexibility index (Phi) is 7.15. The van der Waals surface area contributed by atoms with Crippen molar-refractivity contribution < 1.29 is 23.9 Å². The fraction of sp³-hybridized carbons (Fsp3) is 0.421. The molecule has 7 heteroatoms. The van der Waals surface area contributed by atoms with Gasteiger partial charge in [-0.05, 0) is 45.1 Å². The average molecular weight is 377 g/mol. The Labute approximate surface area is 156 Å². The third-order valence-electron chi connectivity index (χ3n) is 3.88. The highest BCUT2D eigenvalue weighted by molar-refractivity contribution is 7.09. The van der Waals surface area contributed by atoms with Crippen LogP contribution in [0.4, 0.5) is 0 Å². The monoisotopic (exact) mass is 377 g/mol. The number of ketones is 1. The van der Waals surface area contributed by atoms with Crippen molar-refractivity contribution in [1.29, 1.82) is 0 Å². The lowest BCUT2D eigenvalue weighted by Gasteiger charge is -2.07. The molecule has 6 nitrogen and oxygen atoms in total. The number of rotatable bonds is 9. The molecule has 0 radical (unpaired) electrons. The maximum atomic E-state index is 12.5. The molecule has 2 heterocycles. The van der Waals surface area contributed by atoms with Gasteiger partial charge in [-0.3, -0.25) is 9.59 Å². The lowest BCUT2D eigenvalue weighted by molar-refractivity contribution is -0.142. The van der Waals surface area contributed by atoms with Gasteiger partial charge < -0.3 is 14.5 Å². The van der Waals surface area contributed by atoms with Crippen LogP contribution in [0.1, 0.15) is 56.7 Å². The normalized spacial score (nSPS) is 10.6. The van der Waals surface area contributed by atoms with E-state index in [-0.39, 0.29) is 30.8 Å². The van der Waals surface area contributed by atoms with E-state index in [1.165, 1.54) is 4.88 Å². The fourth-order valence-corrected chi connectivity index (χ4v) is 3.49. The summed E-state index contributed by atoms with van der Waals surface area (Å²) < 4.78 is 10.1. The highest BCUT2D eigenvalue weighted by Crippen LogP contribution is 2.20. The van der Waals surface area contributed by atoms with Crippen molar-refractivity contribution in [3.63, 3.8) is 0 Å². The van der Waals surface area contributed by atoms with E-state index in [1.807, 2.05) is 17.5 Å². The number of hydrogen-bond acceptors (Lipinski definition) is 6. The van der Waals surface area contributed by atoms with E-state index >= 15 is 0 Å². The molecule has 0 atom stereocenters. The summed E-state index contributed by atoms with van der Waals surface area (Å²) in [6, 6.07) is 3.99. The molecule has 0 saturated carbocycles. The first-order valence-corrected chi connectivity index (χ1v) is 9.39. The van der Waals surface area contributed by atoms with E-state index in [0.29, 0.717) is 17.8 Å². The Balaban J connectivity index is 1.91. The number of carbonyl (C=O) groups is 3. The number of hydrogen-bond donors (Lipinski definition) is 1. The SMILES string of the molecule is CCOC(=O)c1c(C)[nH]c(C)c1C(=O)COC(=O)CCCc1cccs1. The van der Waals surface area contributed by atoms with Gasteiger partial charge in [-0.1, -0.05) is 6.07 Å². The minimum Gasteiger partial charge on any atom is -0.462 e. The number of ether oxygens (including phenoxy) is 2. The van der Waals surface area contributed by atoms with Crippen molar-refractivity contribution in [3.05, 3.63) is 44.9 Å². The number of aromatic amines is 1. The molecule has 0 unspecified atom stereocenters. The van der Waals surface area contributed by atoms with Gasteiger partial charge in [0, 0.05) is 22.7 Å². The number of aromatic nitrogens is 1. The molecule has 2 rings (SSSR count). The Morgan fingerprint density at radius 1 is 1.12 bits per heavy atom. The van der Waals surface area contributed by atoms with Crippen molar-refractivity contribution >= 4 is 29.1 Å². The predicted octanol–water partition coefficient (Wildman–Crippen LogP) is 3.62. The van der Waals surface area contributed by atoms with Crippen molar-refractivity contribution in [2.45, 2.75) is 40.0 Å². The van der Waals surface area contributed by atoms with Crippen molar-refractivity contribution in [3.8, 4) is 0 Å². The van der Waals surface area contributed by atoms with E-state index in [0.717, 1.165) is 6.42 Å². The Morgan fingerprint density at radius 2 is 1.85 bits per heavy atom. The zero-order chi connectivity index (χ0) is 19.1. The zero-order valence-corrected chi connectivity index (χ0v) is 16.0. The Morgan fingerprint density at radius 3 is 2.50 bits per heavy atom. The fourth-order valence-electron chi connectivity index (χ4n) is 2.74. The van der Waals surface area contributed by atoms with Crippen LogP contribution in [0.5, 0.6) is 0 Å². The molecule has 26 heavy (non-hydrogen) atoms. The molecule has 0 aliphatic heterocycles. The predicted molar refractivity (Wildman–Crippen MR) is 98.8 cm³/mol. The van der Waals surface area contributed by atoms with Crippen LogP contribution in [-0.4, -0.2) is 35.9 Å². The largest absolute Gasteiger partial charge is 0.462 e. The number of H-pyrrole nitrogens is 1. The summed E-state index contributed by atoms with van der Waals surface area (Å²) in [6.45, 7) is 4.93. The summed E-state index contributed by atoms with van der Waals surface area (Å²) in [7, 11) is 0. The van der Waals surface area contributed by atoms with E-state index < -0.39 is 17.7 Å². The van der Waals surface area contributed by atoms with Gasteiger partial charge in [-0.15, -0.1) is 11.3 Å². The van der Waals surface area contributed by atoms with Gasteiger partial charge in [0.25, 0.3) is 0 Å². The second-order valence-corrected chi connectivity index (χ2v) is 6.89. The Bertz CT molecular complexity index is 776. The van der Waals surface area contributed by atoms with Gasteiger partial charge in [0.1, 0.15) is 0 Å². The quantitative estimate of drug-likeness (QED) is 0.533. The van der Waals surface area contributed by atoms with Crippen LogP contribution >= 0.6 is 11.3 Å². The third-order valence-corrected chi connectivity index (χ3v) is 4.82. The van der Waals surface area contributed by atoms with Crippen molar-refractivity contribution in [2.24, 2.45) is 0 Å².